The Labute approximate surface area is 100 Å². The highest BCUT2D eigenvalue weighted by atomic mass is 35.5. The fourth-order valence-corrected chi connectivity index (χ4v) is 1.99. The molecule has 0 amide bonds. The van der Waals surface area contributed by atoms with E-state index in [1.165, 1.54) is 0 Å². The first kappa shape index (κ1) is 11.4. The lowest BCUT2D eigenvalue weighted by Gasteiger charge is -2.18. The molecule has 0 aromatic carbocycles. The summed E-state index contributed by atoms with van der Waals surface area (Å²) in [6, 6.07) is 0. The molecular formula is C11H15ClN4. The largest absolute Gasteiger partial charge is 0.342 e. The van der Waals surface area contributed by atoms with Gasteiger partial charge in [0.1, 0.15) is 5.82 Å². The Morgan fingerprint density at radius 2 is 2.06 bits per heavy atom. The zero-order valence-corrected chi connectivity index (χ0v) is 10.4. The zero-order valence-electron chi connectivity index (χ0n) is 9.69. The van der Waals surface area contributed by atoms with Gasteiger partial charge in [-0.2, -0.15) is 0 Å². The molecule has 2 rings (SSSR count). The number of rotatable bonds is 0. The maximum absolute atomic E-state index is 7.90. The Morgan fingerprint density at radius 3 is 2.56 bits per heavy atom. The van der Waals surface area contributed by atoms with Crippen LogP contribution in [0.5, 0.6) is 0 Å². The van der Waals surface area contributed by atoms with Gasteiger partial charge in [0.15, 0.2) is 0 Å². The van der Waals surface area contributed by atoms with Gasteiger partial charge >= 0.3 is 0 Å². The molecule has 0 aromatic heterocycles. The molecule has 0 saturated carbocycles. The van der Waals surface area contributed by atoms with Gasteiger partial charge in [-0.3, -0.25) is 4.90 Å². The molecule has 2 aliphatic rings. The molecule has 2 N–H and O–H groups in total. The lowest BCUT2D eigenvalue weighted by Crippen LogP contribution is -2.22. The smallest absolute Gasteiger partial charge is 0.136 e. The van der Waals surface area contributed by atoms with Crippen LogP contribution in [0.4, 0.5) is 0 Å². The van der Waals surface area contributed by atoms with E-state index < -0.39 is 0 Å². The van der Waals surface area contributed by atoms with Gasteiger partial charge in [0, 0.05) is 24.4 Å². The molecule has 0 bridgehead atoms. The second-order valence-electron chi connectivity index (χ2n) is 4.24. The average Bonchev–Trinajstić information content (AvgIpc) is 2.53. The Hall–Kier alpha value is -1.13. The predicted octanol–water partition coefficient (Wildman–Crippen LogP) is 1.70. The standard InChI is InChI=1S/C11H15ClN4/c1-6-10(12)7(2)15-11(14-6)8-4-16(3)5-9(8)13/h13-14H,4-5H2,1-3H3/b11-8+,13-9?. The highest BCUT2D eigenvalue weighted by Crippen LogP contribution is 2.22. The molecule has 0 aliphatic carbocycles. The number of allylic oxidation sites excluding steroid dienone is 2. The van der Waals surface area contributed by atoms with Crippen LogP contribution in [0.2, 0.25) is 0 Å². The van der Waals surface area contributed by atoms with E-state index in [2.05, 4.69) is 15.2 Å². The quantitative estimate of drug-likeness (QED) is 0.675. The fraction of sp³-hybridized carbons (Fsp3) is 0.455. The first-order chi connectivity index (χ1) is 7.49. The van der Waals surface area contributed by atoms with Crippen molar-refractivity contribution in [2.24, 2.45) is 4.99 Å². The first-order valence-electron chi connectivity index (χ1n) is 5.17. The number of likely N-dealkylation sites (tertiary alicyclic amines) is 1. The number of hydrogen-bond donors (Lipinski definition) is 2. The van der Waals surface area contributed by atoms with Crippen LogP contribution in [0.3, 0.4) is 0 Å². The molecule has 1 saturated heterocycles. The van der Waals surface area contributed by atoms with E-state index in [1.54, 1.807) is 0 Å². The van der Waals surface area contributed by atoms with Crippen LogP contribution >= 0.6 is 11.6 Å². The van der Waals surface area contributed by atoms with E-state index in [-0.39, 0.29) is 0 Å². The highest BCUT2D eigenvalue weighted by Gasteiger charge is 2.24. The predicted molar refractivity (Wildman–Crippen MR) is 67.0 cm³/mol. The molecule has 16 heavy (non-hydrogen) atoms. The van der Waals surface area contributed by atoms with Crippen molar-refractivity contribution >= 4 is 23.0 Å². The second-order valence-corrected chi connectivity index (χ2v) is 4.62. The number of aliphatic imine (C=N–C) groups is 1. The van der Waals surface area contributed by atoms with Crippen LogP contribution in [0, 0.1) is 5.41 Å². The van der Waals surface area contributed by atoms with Crippen molar-refractivity contribution in [2.45, 2.75) is 13.8 Å². The molecule has 0 unspecified atom stereocenters. The lowest BCUT2D eigenvalue weighted by molar-refractivity contribution is 0.443. The van der Waals surface area contributed by atoms with Crippen LogP contribution in [0.15, 0.2) is 27.1 Å². The normalized spacial score (nSPS) is 27.2. The van der Waals surface area contributed by atoms with Gasteiger partial charge in [-0.15, -0.1) is 0 Å². The van der Waals surface area contributed by atoms with E-state index in [9.17, 15) is 0 Å². The summed E-state index contributed by atoms with van der Waals surface area (Å²) in [5.74, 6) is 0.772. The number of nitrogens with zero attached hydrogens (tertiary/aromatic N) is 2. The molecule has 2 aliphatic heterocycles. The summed E-state index contributed by atoms with van der Waals surface area (Å²) in [6.45, 7) is 5.26. The van der Waals surface area contributed by atoms with Gasteiger partial charge in [0.25, 0.3) is 0 Å². The molecule has 5 heteroatoms. The summed E-state index contributed by atoms with van der Waals surface area (Å²) >= 11 is 6.05. The summed E-state index contributed by atoms with van der Waals surface area (Å²) in [6.07, 6.45) is 0. The topological polar surface area (TPSA) is 51.5 Å². The summed E-state index contributed by atoms with van der Waals surface area (Å²) < 4.78 is 0. The molecule has 4 nitrogen and oxygen atoms in total. The van der Waals surface area contributed by atoms with E-state index in [4.69, 9.17) is 17.0 Å². The third-order valence-electron chi connectivity index (χ3n) is 2.74. The number of likely N-dealkylation sites (N-methyl/N-ethyl adjacent to an activating group) is 1. The van der Waals surface area contributed by atoms with E-state index in [1.807, 2.05) is 20.9 Å². The number of halogens is 1. The zero-order chi connectivity index (χ0) is 11.9. The number of hydrogen-bond acceptors (Lipinski definition) is 4. The van der Waals surface area contributed by atoms with Gasteiger partial charge < -0.3 is 10.7 Å². The third kappa shape index (κ3) is 1.90. The summed E-state index contributed by atoms with van der Waals surface area (Å²) in [5.41, 5.74) is 3.31. The minimum Gasteiger partial charge on any atom is -0.342 e. The van der Waals surface area contributed by atoms with Crippen molar-refractivity contribution in [3.8, 4) is 0 Å². The number of nitrogens with one attached hydrogen (secondary N) is 2. The summed E-state index contributed by atoms with van der Waals surface area (Å²) in [5, 5.41) is 11.7. The third-order valence-corrected chi connectivity index (χ3v) is 3.30. The first-order valence-corrected chi connectivity index (χ1v) is 5.55. The fourth-order valence-electron chi connectivity index (χ4n) is 1.90. The van der Waals surface area contributed by atoms with Crippen molar-refractivity contribution in [2.75, 3.05) is 20.1 Å². The van der Waals surface area contributed by atoms with E-state index in [0.717, 1.165) is 29.3 Å². The molecule has 0 aromatic rings. The van der Waals surface area contributed by atoms with Crippen molar-refractivity contribution in [1.82, 2.24) is 10.2 Å². The molecule has 86 valence electrons. The van der Waals surface area contributed by atoms with Crippen molar-refractivity contribution in [3.05, 3.63) is 22.1 Å². The monoisotopic (exact) mass is 238 g/mol. The molecule has 0 spiro atoms. The maximum atomic E-state index is 7.90. The Morgan fingerprint density at radius 1 is 1.38 bits per heavy atom. The molecular weight excluding hydrogens is 224 g/mol. The SMILES string of the molecule is CC1=N/C(=C2\CN(C)CC2=N)NC(C)=C1Cl. The van der Waals surface area contributed by atoms with Crippen molar-refractivity contribution < 1.29 is 0 Å². The van der Waals surface area contributed by atoms with Crippen LogP contribution in [-0.2, 0) is 0 Å². The minimum absolute atomic E-state index is 0.632. The van der Waals surface area contributed by atoms with Crippen molar-refractivity contribution in [1.29, 1.82) is 5.41 Å². The maximum Gasteiger partial charge on any atom is 0.136 e. The van der Waals surface area contributed by atoms with Gasteiger partial charge in [0.2, 0.25) is 0 Å². The van der Waals surface area contributed by atoms with E-state index in [0.29, 0.717) is 17.3 Å². The Kier molecular flexibility index (Phi) is 2.86. The highest BCUT2D eigenvalue weighted by molar-refractivity contribution is 6.43. The second kappa shape index (κ2) is 4.03. The van der Waals surface area contributed by atoms with Crippen LogP contribution in [-0.4, -0.2) is 36.5 Å². The summed E-state index contributed by atoms with van der Waals surface area (Å²) in [7, 11) is 2.00. The molecule has 2 heterocycles. The Balaban J connectivity index is 2.39. The van der Waals surface area contributed by atoms with Crippen molar-refractivity contribution in [3.63, 3.8) is 0 Å². The molecule has 1 fully saturated rings. The Bertz CT molecular complexity index is 445. The van der Waals surface area contributed by atoms with Gasteiger partial charge in [-0.1, -0.05) is 11.6 Å². The van der Waals surface area contributed by atoms with Crippen LogP contribution in [0.25, 0.3) is 0 Å². The average molecular weight is 239 g/mol. The summed E-state index contributed by atoms with van der Waals surface area (Å²) in [4.78, 5) is 6.50. The van der Waals surface area contributed by atoms with Crippen LogP contribution in [0.1, 0.15) is 13.8 Å². The van der Waals surface area contributed by atoms with Gasteiger partial charge in [0.05, 0.1) is 16.5 Å². The molecule has 0 atom stereocenters. The lowest BCUT2D eigenvalue weighted by atomic mass is 10.2. The van der Waals surface area contributed by atoms with Crippen LogP contribution < -0.4 is 5.32 Å². The van der Waals surface area contributed by atoms with Gasteiger partial charge in [-0.25, -0.2) is 4.99 Å². The van der Waals surface area contributed by atoms with Gasteiger partial charge in [-0.05, 0) is 20.9 Å². The van der Waals surface area contributed by atoms with E-state index >= 15 is 0 Å². The molecule has 0 radical (unpaired) electrons. The minimum atomic E-state index is 0.632.